The first-order valence-electron chi connectivity index (χ1n) is 7.44. The van der Waals surface area contributed by atoms with Crippen LogP contribution in [0.1, 0.15) is 36.0 Å². The van der Waals surface area contributed by atoms with E-state index in [0.29, 0.717) is 36.8 Å². The van der Waals surface area contributed by atoms with Crippen LogP contribution in [0.25, 0.3) is 10.9 Å². The van der Waals surface area contributed by atoms with Crippen molar-refractivity contribution in [3.05, 3.63) is 42.1 Å². The lowest BCUT2D eigenvalue weighted by Crippen LogP contribution is -2.44. The molecule has 3 N–H and O–H groups in total. The smallest absolute Gasteiger partial charge is 0.252 e. The highest BCUT2D eigenvalue weighted by Crippen LogP contribution is 2.16. The Morgan fingerprint density at radius 2 is 2.04 bits per heavy atom. The van der Waals surface area contributed by atoms with Crippen LogP contribution in [0.3, 0.4) is 0 Å². The van der Waals surface area contributed by atoms with Crippen molar-refractivity contribution in [2.75, 3.05) is 0 Å². The largest absolute Gasteiger partial charge is 0.368 e. The number of fused-ring (bicyclic) bond motifs is 1. The minimum Gasteiger partial charge on any atom is -0.368 e. The number of benzene rings is 1. The summed E-state index contributed by atoms with van der Waals surface area (Å²) in [5, 5.41) is 11.9. The molecular weight excluding hydrogens is 292 g/mol. The number of pyridine rings is 1. The standard InChI is InChI=1S/C17H18N4O2/c18-10-5-1-2-8-15(16(19)22)21-17(23)13-9-11-20-14-7-4-3-6-12(13)14/h3-4,6-7,9,11,15H,1-2,5,8H2,(H2,19,22)(H,21,23)/t15-/m1/s1. The quantitative estimate of drug-likeness (QED) is 0.761. The summed E-state index contributed by atoms with van der Waals surface area (Å²) in [4.78, 5) is 28.2. The highest BCUT2D eigenvalue weighted by Gasteiger charge is 2.19. The van der Waals surface area contributed by atoms with E-state index in [1.807, 2.05) is 30.3 Å². The predicted molar refractivity (Wildman–Crippen MR) is 86.3 cm³/mol. The average molecular weight is 310 g/mol. The molecule has 0 aliphatic heterocycles. The highest BCUT2D eigenvalue weighted by molar-refractivity contribution is 6.07. The molecule has 0 fully saturated rings. The van der Waals surface area contributed by atoms with Crippen LogP contribution in [0.5, 0.6) is 0 Å². The van der Waals surface area contributed by atoms with Crippen LogP contribution in [0.4, 0.5) is 0 Å². The molecule has 2 rings (SSSR count). The molecule has 6 nitrogen and oxygen atoms in total. The fraction of sp³-hybridized carbons (Fsp3) is 0.294. The summed E-state index contributed by atoms with van der Waals surface area (Å²) in [5.74, 6) is -0.929. The summed E-state index contributed by atoms with van der Waals surface area (Å²) in [5.41, 5.74) is 6.53. The number of aromatic nitrogens is 1. The Kier molecular flexibility index (Phi) is 5.64. The van der Waals surface area contributed by atoms with Crippen molar-refractivity contribution < 1.29 is 9.59 Å². The second-order valence-corrected chi connectivity index (χ2v) is 5.21. The van der Waals surface area contributed by atoms with Gasteiger partial charge in [0.15, 0.2) is 0 Å². The molecule has 6 heteroatoms. The van der Waals surface area contributed by atoms with Gasteiger partial charge in [0.1, 0.15) is 6.04 Å². The molecule has 118 valence electrons. The van der Waals surface area contributed by atoms with Gasteiger partial charge in [-0.05, 0) is 31.4 Å². The zero-order valence-corrected chi connectivity index (χ0v) is 12.7. The minimum atomic E-state index is -0.742. The third kappa shape index (κ3) is 4.27. The van der Waals surface area contributed by atoms with E-state index in [1.54, 1.807) is 12.3 Å². The molecule has 0 spiro atoms. The number of nitrogens with zero attached hydrogens (tertiary/aromatic N) is 2. The van der Waals surface area contributed by atoms with Gasteiger partial charge in [-0.3, -0.25) is 14.6 Å². The van der Waals surface area contributed by atoms with Crippen LogP contribution in [-0.4, -0.2) is 22.8 Å². The Balaban J connectivity index is 2.11. The minimum absolute atomic E-state index is 0.354. The van der Waals surface area contributed by atoms with Gasteiger partial charge in [-0.15, -0.1) is 0 Å². The first kappa shape index (κ1) is 16.4. The maximum Gasteiger partial charge on any atom is 0.252 e. The maximum absolute atomic E-state index is 12.5. The highest BCUT2D eigenvalue weighted by atomic mass is 16.2. The Bertz CT molecular complexity index is 746. The molecule has 0 radical (unpaired) electrons. The summed E-state index contributed by atoms with van der Waals surface area (Å²) in [6, 6.07) is 10.2. The van der Waals surface area contributed by atoms with Crippen LogP contribution in [0.2, 0.25) is 0 Å². The van der Waals surface area contributed by atoms with Gasteiger partial charge < -0.3 is 11.1 Å². The summed E-state index contributed by atoms with van der Waals surface area (Å²) < 4.78 is 0. The molecule has 0 unspecified atom stereocenters. The predicted octanol–water partition coefficient (Wildman–Crippen LogP) is 1.90. The Morgan fingerprint density at radius 1 is 1.26 bits per heavy atom. The lowest BCUT2D eigenvalue weighted by atomic mass is 10.1. The van der Waals surface area contributed by atoms with E-state index in [9.17, 15) is 9.59 Å². The Labute approximate surface area is 134 Å². The van der Waals surface area contributed by atoms with Crippen molar-refractivity contribution >= 4 is 22.7 Å². The first-order valence-corrected chi connectivity index (χ1v) is 7.44. The van der Waals surface area contributed by atoms with Crippen molar-refractivity contribution in [2.45, 2.75) is 31.7 Å². The number of rotatable bonds is 7. The van der Waals surface area contributed by atoms with Crippen LogP contribution in [0, 0.1) is 11.3 Å². The van der Waals surface area contributed by atoms with Gasteiger partial charge in [0, 0.05) is 18.0 Å². The summed E-state index contributed by atoms with van der Waals surface area (Å²) in [6.07, 6.45) is 3.73. The monoisotopic (exact) mass is 310 g/mol. The number of hydrogen-bond donors (Lipinski definition) is 2. The van der Waals surface area contributed by atoms with Crippen molar-refractivity contribution in [1.29, 1.82) is 5.26 Å². The Hall–Kier alpha value is -2.94. The number of para-hydroxylation sites is 1. The molecule has 1 heterocycles. The molecule has 0 saturated carbocycles. The molecule has 1 atom stereocenters. The molecule has 2 aromatic rings. The van der Waals surface area contributed by atoms with Crippen LogP contribution < -0.4 is 11.1 Å². The number of primary amides is 1. The molecule has 0 aliphatic rings. The lowest BCUT2D eigenvalue weighted by Gasteiger charge is -2.16. The summed E-state index contributed by atoms with van der Waals surface area (Å²) in [7, 11) is 0. The SMILES string of the molecule is N#CCCCC[C@@H](NC(=O)c1ccnc2ccccc12)C(N)=O. The maximum atomic E-state index is 12.5. The second kappa shape index (κ2) is 7.90. The van der Waals surface area contributed by atoms with E-state index in [0.717, 1.165) is 5.39 Å². The molecular formula is C17H18N4O2. The molecule has 2 amide bonds. The number of amides is 2. The van der Waals surface area contributed by atoms with Crippen molar-refractivity contribution in [1.82, 2.24) is 10.3 Å². The second-order valence-electron chi connectivity index (χ2n) is 5.21. The first-order chi connectivity index (χ1) is 11.1. The van der Waals surface area contributed by atoms with Crippen LogP contribution in [0.15, 0.2) is 36.5 Å². The Morgan fingerprint density at radius 3 is 2.78 bits per heavy atom. The number of nitrogens with one attached hydrogen (secondary N) is 1. The molecule has 1 aromatic carbocycles. The van der Waals surface area contributed by atoms with Crippen LogP contribution >= 0.6 is 0 Å². The van der Waals surface area contributed by atoms with Gasteiger partial charge in [-0.1, -0.05) is 18.2 Å². The van der Waals surface area contributed by atoms with E-state index < -0.39 is 11.9 Å². The number of nitrogens with two attached hydrogens (primary N) is 1. The molecule has 0 aliphatic carbocycles. The number of nitriles is 1. The average Bonchev–Trinajstić information content (AvgIpc) is 2.56. The summed E-state index contributed by atoms with van der Waals surface area (Å²) >= 11 is 0. The fourth-order valence-electron chi connectivity index (χ4n) is 2.37. The summed E-state index contributed by atoms with van der Waals surface area (Å²) in [6.45, 7) is 0. The lowest BCUT2D eigenvalue weighted by molar-refractivity contribution is -0.120. The van der Waals surface area contributed by atoms with Crippen molar-refractivity contribution in [3.63, 3.8) is 0 Å². The number of unbranched alkanes of at least 4 members (excludes halogenated alkanes) is 2. The van der Waals surface area contributed by atoms with E-state index >= 15 is 0 Å². The van der Waals surface area contributed by atoms with Gasteiger partial charge in [0.2, 0.25) is 5.91 Å². The third-order valence-electron chi connectivity index (χ3n) is 3.57. The van der Waals surface area contributed by atoms with E-state index in [4.69, 9.17) is 11.0 Å². The van der Waals surface area contributed by atoms with Crippen molar-refractivity contribution in [2.24, 2.45) is 5.73 Å². The van der Waals surface area contributed by atoms with Gasteiger partial charge in [0.25, 0.3) is 5.91 Å². The van der Waals surface area contributed by atoms with Gasteiger partial charge >= 0.3 is 0 Å². The van der Waals surface area contributed by atoms with Crippen LogP contribution in [-0.2, 0) is 4.79 Å². The van der Waals surface area contributed by atoms with Gasteiger partial charge in [-0.25, -0.2) is 0 Å². The van der Waals surface area contributed by atoms with Gasteiger partial charge in [0.05, 0.1) is 17.1 Å². The number of hydrogen-bond acceptors (Lipinski definition) is 4. The number of carbonyl (C=O) groups is 2. The van der Waals surface area contributed by atoms with E-state index in [1.165, 1.54) is 0 Å². The fourth-order valence-corrected chi connectivity index (χ4v) is 2.37. The zero-order chi connectivity index (χ0) is 16.7. The van der Waals surface area contributed by atoms with E-state index in [-0.39, 0.29) is 5.91 Å². The molecule has 0 saturated heterocycles. The third-order valence-corrected chi connectivity index (χ3v) is 3.57. The number of carbonyl (C=O) groups excluding carboxylic acids is 2. The molecule has 0 bridgehead atoms. The van der Waals surface area contributed by atoms with Gasteiger partial charge in [-0.2, -0.15) is 5.26 Å². The van der Waals surface area contributed by atoms with E-state index in [2.05, 4.69) is 10.3 Å². The topological polar surface area (TPSA) is 109 Å². The normalized spacial score (nSPS) is 11.6. The zero-order valence-electron chi connectivity index (χ0n) is 12.7. The molecule has 23 heavy (non-hydrogen) atoms. The molecule has 1 aromatic heterocycles. The van der Waals surface area contributed by atoms with Crippen molar-refractivity contribution in [3.8, 4) is 6.07 Å².